The Morgan fingerprint density at radius 2 is 2.11 bits per heavy atom. The van der Waals surface area contributed by atoms with E-state index >= 15 is 0 Å². The van der Waals surface area contributed by atoms with Crippen LogP contribution in [0.3, 0.4) is 0 Å². The van der Waals surface area contributed by atoms with E-state index in [1.807, 2.05) is 24.5 Å². The van der Waals surface area contributed by atoms with Crippen LogP contribution in [0.4, 0.5) is 5.82 Å². The van der Waals surface area contributed by atoms with E-state index in [0.29, 0.717) is 23.7 Å². The van der Waals surface area contributed by atoms with E-state index in [4.69, 9.17) is 4.74 Å². The van der Waals surface area contributed by atoms with Crippen LogP contribution >= 0.6 is 11.8 Å². The highest BCUT2D eigenvalue weighted by Crippen LogP contribution is 2.29. The maximum absolute atomic E-state index is 12.6. The number of nitriles is 1. The minimum Gasteiger partial charge on any atom is -0.376 e. The number of carbonyl (C=O) groups excluding carboxylic acids is 1. The van der Waals surface area contributed by atoms with Gasteiger partial charge >= 0.3 is 0 Å². The summed E-state index contributed by atoms with van der Waals surface area (Å²) in [7, 11) is 0. The molecule has 0 spiro atoms. The molecule has 1 amide bonds. The van der Waals surface area contributed by atoms with Crippen LogP contribution in [0.15, 0.2) is 23.1 Å². The van der Waals surface area contributed by atoms with Gasteiger partial charge < -0.3 is 14.6 Å². The minimum absolute atomic E-state index is 0.106. The maximum Gasteiger partial charge on any atom is 0.235 e. The molecule has 5 nitrogen and oxygen atoms in total. The molecule has 1 fully saturated rings. The zero-order valence-corrected chi connectivity index (χ0v) is 17.8. The quantitative estimate of drug-likeness (QED) is 0.729. The number of benzene rings is 1. The zero-order chi connectivity index (χ0) is 20.3. The molecule has 0 aliphatic carbocycles. The number of amides is 1. The van der Waals surface area contributed by atoms with Crippen LogP contribution < -0.4 is 5.32 Å². The number of aromatic nitrogens is 1. The Labute approximate surface area is 171 Å². The summed E-state index contributed by atoms with van der Waals surface area (Å²) in [6, 6.07) is 8.47. The number of carbonyl (C=O) groups is 1. The summed E-state index contributed by atoms with van der Waals surface area (Å²) in [6.07, 6.45) is 2.20. The van der Waals surface area contributed by atoms with Crippen molar-refractivity contribution in [2.45, 2.75) is 58.1 Å². The molecule has 148 valence electrons. The van der Waals surface area contributed by atoms with Crippen LogP contribution in [-0.4, -0.2) is 28.9 Å². The van der Waals surface area contributed by atoms with Gasteiger partial charge in [-0.2, -0.15) is 5.26 Å². The molecular weight excluding hydrogens is 370 g/mol. The monoisotopic (exact) mass is 397 g/mol. The highest BCUT2D eigenvalue weighted by molar-refractivity contribution is 8.00. The maximum atomic E-state index is 12.6. The van der Waals surface area contributed by atoms with Gasteiger partial charge in [0.15, 0.2) is 0 Å². The van der Waals surface area contributed by atoms with Crippen molar-refractivity contribution >= 4 is 23.5 Å². The lowest BCUT2D eigenvalue weighted by Crippen LogP contribution is -2.22. The normalized spacial score (nSPS) is 16.2. The highest BCUT2D eigenvalue weighted by Gasteiger charge is 2.24. The second kappa shape index (κ2) is 8.85. The first-order valence-corrected chi connectivity index (χ1v) is 10.6. The molecule has 1 aliphatic rings. The van der Waals surface area contributed by atoms with Gasteiger partial charge in [-0.25, -0.2) is 0 Å². The van der Waals surface area contributed by atoms with Crippen LogP contribution in [-0.2, 0) is 16.1 Å². The van der Waals surface area contributed by atoms with Gasteiger partial charge in [0.05, 0.1) is 24.0 Å². The number of thioether (sulfide) groups is 1. The number of hydrogen-bond acceptors (Lipinski definition) is 4. The number of aryl methyl sites for hydroxylation is 2. The van der Waals surface area contributed by atoms with E-state index in [0.717, 1.165) is 35.6 Å². The summed E-state index contributed by atoms with van der Waals surface area (Å²) < 4.78 is 7.79. The van der Waals surface area contributed by atoms with E-state index in [1.165, 1.54) is 22.9 Å². The molecule has 0 saturated carbocycles. The van der Waals surface area contributed by atoms with E-state index in [-0.39, 0.29) is 12.0 Å². The molecule has 1 aromatic carbocycles. The summed E-state index contributed by atoms with van der Waals surface area (Å²) in [4.78, 5) is 13.7. The second-order valence-corrected chi connectivity index (χ2v) is 8.42. The molecule has 6 heteroatoms. The Morgan fingerprint density at radius 3 is 2.75 bits per heavy atom. The number of ether oxygens (including phenoxy) is 1. The van der Waals surface area contributed by atoms with Gasteiger partial charge in [0, 0.05) is 17.2 Å². The topological polar surface area (TPSA) is 67.0 Å². The third-order valence-electron chi connectivity index (χ3n) is 5.46. The summed E-state index contributed by atoms with van der Waals surface area (Å²) in [5.41, 5.74) is 4.92. The Balaban J connectivity index is 1.74. The average molecular weight is 398 g/mol. The van der Waals surface area contributed by atoms with E-state index in [2.05, 4.69) is 37.4 Å². The zero-order valence-electron chi connectivity index (χ0n) is 17.0. The Hall–Kier alpha value is -2.23. The van der Waals surface area contributed by atoms with Gasteiger partial charge in [0.2, 0.25) is 5.91 Å². The Bertz CT molecular complexity index is 921. The molecule has 1 saturated heterocycles. The van der Waals surface area contributed by atoms with Gasteiger partial charge in [-0.3, -0.25) is 4.79 Å². The van der Waals surface area contributed by atoms with Crippen LogP contribution in [0, 0.1) is 39.0 Å². The van der Waals surface area contributed by atoms with Crippen molar-refractivity contribution in [2.75, 3.05) is 17.7 Å². The van der Waals surface area contributed by atoms with Gasteiger partial charge in [0.25, 0.3) is 0 Å². The SMILES string of the molecule is Cc1ccc(SCC(=O)Nc2c(C#N)c(C)c(C)n2C[C@H]2CCCO2)cc1C. The number of nitrogens with zero attached hydrogens (tertiary/aromatic N) is 2. The number of hydrogen-bond donors (Lipinski definition) is 1. The molecular formula is C22H27N3O2S. The fraction of sp³-hybridized carbons (Fsp3) is 0.455. The predicted octanol–water partition coefficient (Wildman–Crippen LogP) is 4.50. The summed E-state index contributed by atoms with van der Waals surface area (Å²) >= 11 is 1.50. The molecule has 0 bridgehead atoms. The van der Waals surface area contributed by atoms with Crippen LogP contribution in [0.25, 0.3) is 0 Å². The van der Waals surface area contributed by atoms with Crippen molar-refractivity contribution < 1.29 is 9.53 Å². The molecule has 1 aromatic heterocycles. The standard InChI is InChI=1S/C22H27N3O2S/c1-14-7-8-19(10-15(14)2)28-13-21(26)24-22-20(11-23)16(3)17(4)25(22)12-18-6-5-9-27-18/h7-8,10,18H,5-6,9,12-13H2,1-4H3,(H,24,26)/t18-/m1/s1. The molecule has 0 radical (unpaired) electrons. The molecule has 1 N–H and O–H groups in total. The van der Waals surface area contributed by atoms with Gasteiger partial charge in [-0.1, -0.05) is 6.07 Å². The summed E-state index contributed by atoms with van der Waals surface area (Å²) in [5, 5.41) is 12.6. The smallest absolute Gasteiger partial charge is 0.235 e. The molecule has 0 unspecified atom stereocenters. The third kappa shape index (κ3) is 4.43. The van der Waals surface area contributed by atoms with Crippen molar-refractivity contribution in [2.24, 2.45) is 0 Å². The molecule has 1 atom stereocenters. The molecule has 2 aromatic rings. The second-order valence-electron chi connectivity index (χ2n) is 7.37. The largest absolute Gasteiger partial charge is 0.376 e. The van der Waals surface area contributed by atoms with E-state index in [1.54, 1.807) is 0 Å². The highest BCUT2D eigenvalue weighted by atomic mass is 32.2. The van der Waals surface area contributed by atoms with Crippen molar-refractivity contribution in [1.29, 1.82) is 5.26 Å². The molecule has 28 heavy (non-hydrogen) atoms. The first-order valence-electron chi connectivity index (χ1n) is 9.62. The number of rotatable bonds is 6. The van der Waals surface area contributed by atoms with Crippen LogP contribution in [0.2, 0.25) is 0 Å². The Kier molecular flexibility index (Phi) is 6.48. The Morgan fingerprint density at radius 1 is 1.32 bits per heavy atom. The van der Waals surface area contributed by atoms with Gasteiger partial charge in [-0.15, -0.1) is 11.8 Å². The molecule has 3 rings (SSSR count). The lowest BCUT2D eigenvalue weighted by atomic mass is 10.1. The summed E-state index contributed by atoms with van der Waals surface area (Å²) in [6.45, 7) is 9.51. The fourth-order valence-corrected chi connectivity index (χ4v) is 4.27. The van der Waals surface area contributed by atoms with Crippen LogP contribution in [0.5, 0.6) is 0 Å². The van der Waals surface area contributed by atoms with Gasteiger partial charge in [0.1, 0.15) is 11.9 Å². The summed E-state index contributed by atoms with van der Waals surface area (Å²) in [5.74, 6) is 0.792. The van der Waals surface area contributed by atoms with Crippen molar-refractivity contribution in [3.8, 4) is 6.07 Å². The number of anilines is 1. The first-order chi connectivity index (χ1) is 13.4. The molecule has 2 heterocycles. The fourth-order valence-electron chi connectivity index (χ4n) is 3.47. The van der Waals surface area contributed by atoms with Crippen molar-refractivity contribution in [3.05, 3.63) is 46.1 Å². The van der Waals surface area contributed by atoms with E-state index < -0.39 is 0 Å². The predicted molar refractivity (Wildman–Crippen MR) is 113 cm³/mol. The minimum atomic E-state index is -0.106. The van der Waals surface area contributed by atoms with E-state index in [9.17, 15) is 10.1 Å². The van der Waals surface area contributed by atoms with Crippen molar-refractivity contribution in [3.63, 3.8) is 0 Å². The van der Waals surface area contributed by atoms with Crippen LogP contribution in [0.1, 0.15) is 40.8 Å². The average Bonchev–Trinajstić information content (AvgIpc) is 3.26. The lowest BCUT2D eigenvalue weighted by molar-refractivity contribution is -0.113. The lowest BCUT2D eigenvalue weighted by Gasteiger charge is -2.17. The first kappa shape index (κ1) is 20.5. The van der Waals surface area contributed by atoms with Crippen molar-refractivity contribution in [1.82, 2.24) is 4.57 Å². The third-order valence-corrected chi connectivity index (χ3v) is 6.45. The van der Waals surface area contributed by atoms with Gasteiger partial charge in [-0.05, 0) is 69.4 Å². The number of nitrogens with one attached hydrogen (secondary N) is 1. The molecule has 1 aliphatic heterocycles.